The minimum absolute atomic E-state index is 0. The Balaban J connectivity index is 0.00000341. The molecule has 3 rings (SSSR count). The molecule has 1 aliphatic heterocycles. The number of halogens is 1. The number of carbonyl (C=O) groups excluding carboxylic acids is 1. The number of aliphatic imine (C=N–C) groups is 1. The molecule has 1 aromatic heterocycles. The zero-order valence-electron chi connectivity index (χ0n) is 19.2. The Hall–Kier alpha value is -1.56. The van der Waals surface area contributed by atoms with Crippen LogP contribution in [-0.2, 0) is 11.3 Å². The molecule has 176 valence electrons. The number of hydrogen-bond donors (Lipinski definition) is 1. The molecule has 10 heteroatoms. The maximum atomic E-state index is 12.5. The van der Waals surface area contributed by atoms with E-state index in [0.29, 0.717) is 19.1 Å². The number of aromatic nitrogens is 1. The molecule has 1 saturated heterocycles. The van der Waals surface area contributed by atoms with Crippen molar-refractivity contribution in [2.45, 2.75) is 58.7 Å². The Morgan fingerprint density at radius 1 is 1.32 bits per heavy atom. The number of carbonyl (C=O) groups is 1. The summed E-state index contributed by atoms with van der Waals surface area (Å²) in [6, 6.07) is 2.21. The van der Waals surface area contributed by atoms with Gasteiger partial charge in [0.1, 0.15) is 11.9 Å². The van der Waals surface area contributed by atoms with Crippen molar-refractivity contribution < 1.29 is 14.1 Å². The molecule has 0 unspecified atom stereocenters. The van der Waals surface area contributed by atoms with E-state index in [0.717, 1.165) is 63.8 Å². The van der Waals surface area contributed by atoms with Crippen molar-refractivity contribution in [3.05, 3.63) is 18.0 Å². The fourth-order valence-corrected chi connectivity index (χ4v) is 3.49. The van der Waals surface area contributed by atoms with E-state index in [9.17, 15) is 4.79 Å². The SMILES string of the molecule is CCNC(=NCCN(C(=O)OC(C)(C)C)C1CC1)N1CCN(Cc2ccon2)CC1.I. The number of piperazine rings is 1. The second kappa shape index (κ2) is 11.9. The van der Waals surface area contributed by atoms with E-state index in [-0.39, 0.29) is 30.1 Å². The molecule has 0 radical (unpaired) electrons. The van der Waals surface area contributed by atoms with E-state index >= 15 is 0 Å². The third-order valence-electron chi connectivity index (χ3n) is 5.10. The van der Waals surface area contributed by atoms with Crippen LogP contribution in [0.3, 0.4) is 0 Å². The van der Waals surface area contributed by atoms with Gasteiger partial charge >= 0.3 is 6.09 Å². The van der Waals surface area contributed by atoms with Crippen LogP contribution in [0.15, 0.2) is 21.8 Å². The molecule has 1 aliphatic carbocycles. The van der Waals surface area contributed by atoms with E-state index in [2.05, 4.69) is 27.2 Å². The quantitative estimate of drug-likeness (QED) is 0.319. The van der Waals surface area contributed by atoms with E-state index in [1.807, 2.05) is 31.7 Å². The maximum Gasteiger partial charge on any atom is 0.410 e. The Bertz CT molecular complexity index is 694. The summed E-state index contributed by atoms with van der Waals surface area (Å²) in [4.78, 5) is 23.8. The Labute approximate surface area is 202 Å². The van der Waals surface area contributed by atoms with Crippen molar-refractivity contribution in [3.8, 4) is 0 Å². The molecule has 1 amide bonds. The van der Waals surface area contributed by atoms with Gasteiger partial charge in [0.2, 0.25) is 0 Å². The van der Waals surface area contributed by atoms with Gasteiger partial charge < -0.3 is 24.4 Å². The number of nitrogens with one attached hydrogen (secondary N) is 1. The van der Waals surface area contributed by atoms with Gasteiger partial charge in [-0.3, -0.25) is 9.89 Å². The molecule has 2 heterocycles. The van der Waals surface area contributed by atoms with E-state index < -0.39 is 5.60 Å². The van der Waals surface area contributed by atoms with Gasteiger partial charge in [-0.25, -0.2) is 4.79 Å². The van der Waals surface area contributed by atoms with Gasteiger partial charge in [0.05, 0.1) is 12.2 Å². The summed E-state index contributed by atoms with van der Waals surface area (Å²) < 4.78 is 10.5. The first kappa shape index (κ1) is 25.7. The smallest absolute Gasteiger partial charge is 0.410 e. The predicted octanol–water partition coefficient (Wildman–Crippen LogP) is 2.78. The molecule has 31 heavy (non-hydrogen) atoms. The number of guanidine groups is 1. The minimum Gasteiger partial charge on any atom is -0.444 e. The molecule has 1 N–H and O–H groups in total. The Morgan fingerprint density at radius 2 is 2.03 bits per heavy atom. The zero-order chi connectivity index (χ0) is 21.6. The number of nitrogens with zero attached hydrogens (tertiary/aromatic N) is 5. The lowest BCUT2D eigenvalue weighted by Crippen LogP contribution is -2.52. The fraction of sp³-hybridized carbons (Fsp3) is 0.762. The van der Waals surface area contributed by atoms with Crippen LogP contribution in [0, 0.1) is 0 Å². The van der Waals surface area contributed by atoms with Crippen LogP contribution in [0.25, 0.3) is 0 Å². The van der Waals surface area contributed by atoms with E-state index in [1.165, 1.54) is 0 Å². The fourth-order valence-electron chi connectivity index (χ4n) is 3.49. The second-order valence-electron chi connectivity index (χ2n) is 8.89. The van der Waals surface area contributed by atoms with Gasteiger partial charge in [0, 0.05) is 57.9 Å². The summed E-state index contributed by atoms with van der Waals surface area (Å²) >= 11 is 0. The van der Waals surface area contributed by atoms with E-state index in [4.69, 9.17) is 14.3 Å². The lowest BCUT2D eigenvalue weighted by atomic mass is 10.2. The van der Waals surface area contributed by atoms with Gasteiger partial charge in [0.15, 0.2) is 5.96 Å². The second-order valence-corrected chi connectivity index (χ2v) is 8.89. The largest absolute Gasteiger partial charge is 0.444 e. The molecular formula is C21H37IN6O3. The lowest BCUT2D eigenvalue weighted by Gasteiger charge is -2.36. The predicted molar refractivity (Wildman–Crippen MR) is 131 cm³/mol. The normalized spacial score (nSPS) is 17.8. The molecule has 0 spiro atoms. The monoisotopic (exact) mass is 548 g/mol. The highest BCUT2D eigenvalue weighted by molar-refractivity contribution is 14.0. The summed E-state index contributed by atoms with van der Waals surface area (Å²) in [7, 11) is 0. The molecule has 0 aromatic carbocycles. The number of ether oxygens (including phenoxy) is 1. The number of rotatable bonds is 7. The average molecular weight is 548 g/mol. The molecule has 1 aromatic rings. The molecule has 0 bridgehead atoms. The summed E-state index contributed by atoms with van der Waals surface area (Å²) in [5, 5.41) is 7.39. The van der Waals surface area contributed by atoms with Crippen LogP contribution >= 0.6 is 24.0 Å². The topological polar surface area (TPSA) is 86.4 Å². The number of amides is 1. The highest BCUT2D eigenvalue weighted by Gasteiger charge is 2.35. The number of hydrogen-bond acceptors (Lipinski definition) is 6. The molecular weight excluding hydrogens is 511 g/mol. The average Bonchev–Trinajstić information content (AvgIpc) is 3.39. The van der Waals surface area contributed by atoms with Gasteiger partial charge in [-0.05, 0) is 40.5 Å². The lowest BCUT2D eigenvalue weighted by molar-refractivity contribution is 0.0240. The van der Waals surface area contributed by atoms with Crippen molar-refractivity contribution in [2.75, 3.05) is 45.8 Å². The Morgan fingerprint density at radius 3 is 2.58 bits per heavy atom. The summed E-state index contributed by atoms with van der Waals surface area (Å²) in [6.07, 6.45) is 3.49. The minimum atomic E-state index is -0.478. The molecule has 9 nitrogen and oxygen atoms in total. The van der Waals surface area contributed by atoms with Gasteiger partial charge in [-0.15, -0.1) is 24.0 Å². The summed E-state index contributed by atoms with van der Waals surface area (Å²) in [5.41, 5.74) is 0.486. The zero-order valence-corrected chi connectivity index (χ0v) is 21.5. The van der Waals surface area contributed by atoms with Gasteiger partial charge in [0.25, 0.3) is 0 Å². The third kappa shape index (κ3) is 8.47. The summed E-state index contributed by atoms with van der Waals surface area (Å²) in [5.74, 6) is 0.915. The molecule has 0 atom stereocenters. The van der Waals surface area contributed by atoms with Crippen molar-refractivity contribution in [2.24, 2.45) is 4.99 Å². The van der Waals surface area contributed by atoms with Crippen LogP contribution in [-0.4, -0.2) is 89.4 Å². The van der Waals surface area contributed by atoms with Crippen molar-refractivity contribution >= 4 is 36.0 Å². The van der Waals surface area contributed by atoms with Crippen LogP contribution in [0.2, 0.25) is 0 Å². The first-order valence-corrected chi connectivity index (χ1v) is 11.0. The first-order valence-electron chi connectivity index (χ1n) is 11.0. The van der Waals surface area contributed by atoms with E-state index in [1.54, 1.807) is 6.26 Å². The highest BCUT2D eigenvalue weighted by Crippen LogP contribution is 2.28. The van der Waals surface area contributed by atoms with Gasteiger partial charge in [-0.1, -0.05) is 5.16 Å². The highest BCUT2D eigenvalue weighted by atomic mass is 127. The third-order valence-corrected chi connectivity index (χ3v) is 5.10. The van der Waals surface area contributed by atoms with Crippen molar-refractivity contribution in [1.82, 2.24) is 25.2 Å². The summed E-state index contributed by atoms with van der Waals surface area (Å²) in [6.45, 7) is 14.3. The van der Waals surface area contributed by atoms with Crippen LogP contribution in [0.4, 0.5) is 4.79 Å². The Kier molecular flexibility index (Phi) is 9.86. The van der Waals surface area contributed by atoms with Crippen LogP contribution in [0.5, 0.6) is 0 Å². The van der Waals surface area contributed by atoms with Crippen LogP contribution < -0.4 is 5.32 Å². The standard InChI is InChI=1S/C21H36N6O3.HI/c1-5-22-19(26-13-11-25(12-14-26)16-17-8-15-29-24-17)23-9-10-27(18-6-7-18)20(28)30-21(2,3)4;/h8,15,18H,5-7,9-14,16H2,1-4H3,(H,22,23);1H. The van der Waals surface area contributed by atoms with Crippen LogP contribution in [0.1, 0.15) is 46.2 Å². The van der Waals surface area contributed by atoms with Crippen molar-refractivity contribution in [3.63, 3.8) is 0 Å². The first-order chi connectivity index (χ1) is 14.4. The molecule has 2 aliphatic rings. The molecule has 1 saturated carbocycles. The maximum absolute atomic E-state index is 12.5. The van der Waals surface area contributed by atoms with Crippen molar-refractivity contribution in [1.29, 1.82) is 0 Å². The van der Waals surface area contributed by atoms with Gasteiger partial charge in [-0.2, -0.15) is 0 Å². The molecule has 2 fully saturated rings.